The quantitative estimate of drug-likeness (QED) is 0.567. The van der Waals surface area contributed by atoms with Crippen LogP contribution >= 0.6 is 0 Å². The molecule has 0 aliphatic carbocycles. The number of aliphatic hydroxyl groups excluding tert-OH is 1. The molecule has 1 amide bonds. The molecule has 32 heavy (non-hydrogen) atoms. The average molecular weight is 454 g/mol. The Morgan fingerprint density at radius 1 is 1.16 bits per heavy atom. The minimum Gasteiger partial charge on any atom is -0.491 e. The summed E-state index contributed by atoms with van der Waals surface area (Å²) in [5.41, 5.74) is -0.331. The number of amides is 1. The van der Waals surface area contributed by atoms with Crippen LogP contribution in [0, 0.1) is 0 Å². The minimum atomic E-state index is -4.44. The summed E-state index contributed by atoms with van der Waals surface area (Å²) in [5, 5.41) is 11.0. The van der Waals surface area contributed by atoms with E-state index < -0.39 is 29.8 Å². The van der Waals surface area contributed by atoms with Gasteiger partial charge in [-0.1, -0.05) is 6.92 Å². The summed E-state index contributed by atoms with van der Waals surface area (Å²) in [6, 6.07) is 5.18. The number of aliphatic hydroxyl groups is 1. The van der Waals surface area contributed by atoms with Crippen molar-refractivity contribution in [2.45, 2.75) is 58.5 Å². The Labute approximate surface area is 186 Å². The van der Waals surface area contributed by atoms with Crippen molar-refractivity contribution < 1.29 is 32.5 Å². The number of halogens is 3. The third-order valence-electron chi connectivity index (χ3n) is 4.77. The van der Waals surface area contributed by atoms with E-state index in [1.54, 1.807) is 19.2 Å². The third kappa shape index (κ3) is 6.85. The highest BCUT2D eigenvalue weighted by molar-refractivity contribution is 5.78. The molecule has 1 unspecified atom stereocenters. The van der Waals surface area contributed by atoms with E-state index in [0.717, 1.165) is 12.1 Å². The van der Waals surface area contributed by atoms with Gasteiger partial charge in [-0.15, -0.1) is 0 Å². The molecular weight excluding hydrogens is 425 g/mol. The number of alkyl halides is 3. The van der Waals surface area contributed by atoms with E-state index in [-0.39, 0.29) is 18.5 Å². The summed E-state index contributed by atoms with van der Waals surface area (Å²) in [6.07, 6.45) is -1.89. The fourth-order valence-electron chi connectivity index (χ4n) is 3.17. The Hall–Kier alpha value is -2.81. The Balaban J connectivity index is 2.10. The van der Waals surface area contributed by atoms with Gasteiger partial charge in [0.2, 0.25) is 0 Å². The molecule has 2 rings (SSSR count). The van der Waals surface area contributed by atoms with Crippen molar-refractivity contribution in [3.05, 3.63) is 53.9 Å². The molecule has 1 aromatic heterocycles. The van der Waals surface area contributed by atoms with Gasteiger partial charge < -0.3 is 19.5 Å². The predicted molar refractivity (Wildman–Crippen MR) is 113 cm³/mol. The molecule has 2 atom stereocenters. The smallest absolute Gasteiger partial charge is 0.416 e. The number of hydrogen-bond acceptors (Lipinski definition) is 5. The molecule has 0 spiro atoms. The van der Waals surface area contributed by atoms with Crippen LogP contribution in [0.1, 0.15) is 51.3 Å². The first-order valence-electron chi connectivity index (χ1n) is 10.4. The van der Waals surface area contributed by atoms with Gasteiger partial charge in [-0.05, 0) is 57.5 Å². The maximum Gasteiger partial charge on any atom is 0.416 e. The summed E-state index contributed by atoms with van der Waals surface area (Å²) in [5.74, 6) is 0.239. The predicted octanol–water partition coefficient (Wildman–Crippen LogP) is 4.63. The number of hydrogen-bond donors (Lipinski definition) is 1. The Kier molecular flexibility index (Phi) is 8.89. The normalized spacial score (nSPS) is 13.5. The van der Waals surface area contributed by atoms with Gasteiger partial charge in [0.05, 0.1) is 17.7 Å². The molecule has 0 aliphatic rings. The topological polar surface area (TPSA) is 71.9 Å². The SMILES string of the molecule is CCCN(C(=O)COc1ccc(C(F)(F)F)cc1)[C@H](C)C(O)c1cnccc1OC(C)C. The summed E-state index contributed by atoms with van der Waals surface area (Å²) in [6.45, 7) is 7.34. The van der Waals surface area contributed by atoms with Crippen molar-refractivity contribution in [2.75, 3.05) is 13.2 Å². The average Bonchev–Trinajstić information content (AvgIpc) is 2.74. The number of carbonyl (C=O) groups excluding carboxylic acids is 1. The van der Waals surface area contributed by atoms with Crippen LogP contribution in [0.15, 0.2) is 42.7 Å². The van der Waals surface area contributed by atoms with Crippen molar-refractivity contribution in [3.8, 4) is 11.5 Å². The van der Waals surface area contributed by atoms with Gasteiger partial charge in [0, 0.05) is 24.5 Å². The lowest BCUT2D eigenvalue weighted by molar-refractivity contribution is -0.139. The van der Waals surface area contributed by atoms with Crippen molar-refractivity contribution in [1.82, 2.24) is 9.88 Å². The molecular formula is C23H29F3N2O4. The van der Waals surface area contributed by atoms with Gasteiger partial charge in [-0.25, -0.2) is 0 Å². The number of rotatable bonds is 10. The van der Waals surface area contributed by atoms with E-state index >= 15 is 0 Å². The molecule has 0 saturated carbocycles. The number of carbonyl (C=O) groups is 1. The van der Waals surface area contributed by atoms with Crippen LogP contribution in [0.4, 0.5) is 13.2 Å². The van der Waals surface area contributed by atoms with Crippen LogP contribution < -0.4 is 9.47 Å². The van der Waals surface area contributed by atoms with Crippen molar-refractivity contribution >= 4 is 5.91 Å². The van der Waals surface area contributed by atoms with Gasteiger partial charge in [-0.2, -0.15) is 13.2 Å². The summed E-state index contributed by atoms with van der Waals surface area (Å²) in [4.78, 5) is 18.4. The van der Waals surface area contributed by atoms with Gasteiger partial charge in [-0.3, -0.25) is 9.78 Å². The maximum absolute atomic E-state index is 12.8. The zero-order valence-electron chi connectivity index (χ0n) is 18.6. The summed E-state index contributed by atoms with van der Waals surface area (Å²) >= 11 is 0. The van der Waals surface area contributed by atoms with Crippen molar-refractivity contribution in [2.24, 2.45) is 0 Å². The summed E-state index contributed by atoms with van der Waals surface area (Å²) in [7, 11) is 0. The second kappa shape index (κ2) is 11.2. The molecule has 2 aromatic rings. The molecule has 0 aliphatic heterocycles. The lowest BCUT2D eigenvalue weighted by Crippen LogP contribution is -2.44. The molecule has 1 aromatic carbocycles. The van der Waals surface area contributed by atoms with E-state index in [0.29, 0.717) is 24.3 Å². The molecule has 0 radical (unpaired) electrons. The summed E-state index contributed by atoms with van der Waals surface area (Å²) < 4.78 is 49.2. The molecule has 0 saturated heterocycles. The first-order chi connectivity index (χ1) is 15.0. The molecule has 1 N–H and O–H groups in total. The number of ether oxygens (including phenoxy) is 2. The van der Waals surface area contributed by atoms with Crippen LogP contribution in [-0.4, -0.2) is 46.2 Å². The number of benzene rings is 1. The van der Waals surface area contributed by atoms with Crippen LogP contribution in [-0.2, 0) is 11.0 Å². The largest absolute Gasteiger partial charge is 0.491 e. The third-order valence-corrected chi connectivity index (χ3v) is 4.77. The molecule has 1 heterocycles. The molecule has 176 valence electrons. The van der Waals surface area contributed by atoms with E-state index in [1.165, 1.54) is 23.2 Å². The highest BCUT2D eigenvalue weighted by Gasteiger charge is 2.31. The lowest BCUT2D eigenvalue weighted by atomic mass is 10.0. The number of aromatic nitrogens is 1. The fraction of sp³-hybridized carbons (Fsp3) is 0.478. The van der Waals surface area contributed by atoms with Crippen LogP contribution in [0.2, 0.25) is 0 Å². The first-order valence-corrected chi connectivity index (χ1v) is 10.4. The van der Waals surface area contributed by atoms with E-state index in [1.807, 2.05) is 20.8 Å². The highest BCUT2D eigenvalue weighted by atomic mass is 19.4. The van der Waals surface area contributed by atoms with E-state index in [4.69, 9.17) is 9.47 Å². The van der Waals surface area contributed by atoms with Gasteiger partial charge >= 0.3 is 6.18 Å². The Morgan fingerprint density at radius 2 is 1.81 bits per heavy atom. The van der Waals surface area contributed by atoms with Crippen LogP contribution in [0.3, 0.4) is 0 Å². The molecule has 0 bridgehead atoms. The number of pyridine rings is 1. The maximum atomic E-state index is 12.8. The highest BCUT2D eigenvalue weighted by Crippen LogP contribution is 2.31. The van der Waals surface area contributed by atoms with Crippen LogP contribution in [0.5, 0.6) is 11.5 Å². The van der Waals surface area contributed by atoms with E-state index in [9.17, 15) is 23.1 Å². The number of nitrogens with zero attached hydrogens (tertiary/aromatic N) is 2. The molecule has 9 heteroatoms. The zero-order chi connectivity index (χ0) is 23.9. The van der Waals surface area contributed by atoms with Gasteiger partial charge in [0.25, 0.3) is 5.91 Å². The monoisotopic (exact) mass is 454 g/mol. The minimum absolute atomic E-state index is 0.107. The zero-order valence-corrected chi connectivity index (χ0v) is 18.6. The second-order valence-electron chi connectivity index (χ2n) is 7.66. The standard InChI is InChI=1S/C23H29F3N2O4/c1-5-12-28(16(4)22(30)19-13-27-11-10-20(19)32-15(2)3)21(29)14-31-18-8-6-17(7-9-18)23(24,25)26/h6-11,13,15-16,22,30H,5,12,14H2,1-4H3/t16-,22?/m1/s1. The first kappa shape index (κ1) is 25.5. The Morgan fingerprint density at radius 3 is 2.38 bits per heavy atom. The van der Waals surface area contributed by atoms with E-state index in [2.05, 4.69) is 4.98 Å². The van der Waals surface area contributed by atoms with Crippen LogP contribution in [0.25, 0.3) is 0 Å². The van der Waals surface area contributed by atoms with Crippen molar-refractivity contribution in [3.63, 3.8) is 0 Å². The second-order valence-corrected chi connectivity index (χ2v) is 7.66. The Bertz CT molecular complexity index is 872. The van der Waals surface area contributed by atoms with Gasteiger partial charge in [0.1, 0.15) is 17.6 Å². The fourth-order valence-corrected chi connectivity index (χ4v) is 3.17. The lowest BCUT2D eigenvalue weighted by Gasteiger charge is -2.33. The van der Waals surface area contributed by atoms with Crippen molar-refractivity contribution in [1.29, 1.82) is 0 Å². The van der Waals surface area contributed by atoms with Gasteiger partial charge in [0.15, 0.2) is 6.61 Å². The molecule has 0 fully saturated rings. The molecule has 6 nitrogen and oxygen atoms in total.